The molecule has 0 fully saturated rings. The summed E-state index contributed by atoms with van der Waals surface area (Å²) in [6.07, 6.45) is 0. The molecule has 0 aliphatic rings. The van der Waals surface area contributed by atoms with E-state index < -0.39 is 0 Å². The number of aromatic nitrogens is 2. The Kier molecular flexibility index (Phi) is 4.76. The van der Waals surface area contributed by atoms with Crippen molar-refractivity contribution in [2.45, 2.75) is 52.4 Å². The molecule has 0 bridgehead atoms. The molecule has 4 N–H and O–H groups in total. The highest BCUT2D eigenvalue weighted by molar-refractivity contribution is 7.28. The van der Waals surface area contributed by atoms with Gasteiger partial charge in [-0.05, 0) is 35.1 Å². The number of nitrogens with zero attached hydrogens (tertiary/aromatic N) is 2. The van der Waals surface area contributed by atoms with E-state index in [9.17, 15) is 0 Å². The first-order valence-electron chi connectivity index (χ1n) is 9.52. The molecule has 0 saturated carbocycles. The van der Waals surface area contributed by atoms with Crippen LogP contribution in [0.4, 0.5) is 11.6 Å². The van der Waals surface area contributed by atoms with Gasteiger partial charge in [0.1, 0.15) is 11.0 Å². The highest BCUT2D eigenvalue weighted by Gasteiger charge is 2.24. The van der Waals surface area contributed by atoms with Crippen LogP contribution in [0.15, 0.2) is 24.3 Å². The van der Waals surface area contributed by atoms with Crippen molar-refractivity contribution in [1.29, 1.82) is 0 Å². The number of fused-ring (bicyclic) bond motifs is 1. The molecule has 0 atom stereocenters. The van der Waals surface area contributed by atoms with Crippen molar-refractivity contribution in [3.05, 3.63) is 34.0 Å². The van der Waals surface area contributed by atoms with Crippen molar-refractivity contribution in [2.24, 2.45) is 0 Å². The van der Waals surface area contributed by atoms with Crippen LogP contribution in [0, 0.1) is 0 Å². The predicted octanol–water partition coefficient (Wildman–Crippen LogP) is 6.91. The molecular formula is C22H26N4S3. The largest absolute Gasteiger partial charge is 0.381 e. The normalized spacial score (nSPS) is 12.8. The van der Waals surface area contributed by atoms with E-state index in [1.165, 1.54) is 19.5 Å². The van der Waals surface area contributed by atoms with Gasteiger partial charge in [0.15, 0.2) is 11.6 Å². The van der Waals surface area contributed by atoms with Gasteiger partial charge < -0.3 is 11.5 Å². The van der Waals surface area contributed by atoms with E-state index >= 15 is 0 Å². The van der Waals surface area contributed by atoms with Crippen LogP contribution in [-0.2, 0) is 10.8 Å². The van der Waals surface area contributed by atoms with E-state index in [0.717, 1.165) is 20.8 Å². The summed E-state index contributed by atoms with van der Waals surface area (Å²) in [5.41, 5.74) is 14.0. The zero-order chi connectivity index (χ0) is 21.1. The summed E-state index contributed by atoms with van der Waals surface area (Å²) in [7, 11) is 0. The van der Waals surface area contributed by atoms with Gasteiger partial charge in [0.25, 0.3) is 0 Å². The van der Waals surface area contributed by atoms with Gasteiger partial charge in [-0.3, -0.25) is 0 Å². The summed E-state index contributed by atoms with van der Waals surface area (Å²) in [5.74, 6) is 0.578. The lowest BCUT2D eigenvalue weighted by atomic mass is 9.95. The quantitative estimate of drug-likeness (QED) is 0.353. The van der Waals surface area contributed by atoms with Gasteiger partial charge in [0.05, 0.1) is 9.75 Å². The lowest BCUT2D eigenvalue weighted by Gasteiger charge is -2.15. The fourth-order valence-corrected chi connectivity index (χ4v) is 6.57. The van der Waals surface area contributed by atoms with Crippen molar-refractivity contribution < 1.29 is 0 Å². The van der Waals surface area contributed by atoms with E-state index in [4.69, 9.17) is 11.5 Å². The van der Waals surface area contributed by atoms with E-state index in [-0.39, 0.29) is 22.5 Å². The molecule has 152 valence electrons. The Morgan fingerprint density at radius 1 is 0.621 bits per heavy atom. The summed E-state index contributed by atoms with van der Waals surface area (Å²) in [4.78, 5) is 16.6. The maximum atomic E-state index is 6.03. The SMILES string of the molecule is CC(C)(C)c1ccc(-c2sc(-c3ccc(C(C)(C)C)s3)c3nc(N)c(N)nc23)s1. The maximum Gasteiger partial charge on any atom is 0.166 e. The van der Waals surface area contributed by atoms with Gasteiger partial charge in [0, 0.05) is 19.5 Å². The summed E-state index contributed by atoms with van der Waals surface area (Å²) in [6.45, 7) is 13.4. The van der Waals surface area contributed by atoms with Crippen molar-refractivity contribution in [3.8, 4) is 19.5 Å². The number of thiophene rings is 3. The molecule has 0 unspecified atom stereocenters. The number of rotatable bonds is 2. The molecule has 0 spiro atoms. The fourth-order valence-electron chi connectivity index (χ4n) is 3.04. The summed E-state index contributed by atoms with van der Waals surface area (Å²) >= 11 is 5.35. The molecular weight excluding hydrogens is 416 g/mol. The van der Waals surface area contributed by atoms with Crippen LogP contribution in [-0.4, -0.2) is 9.97 Å². The Balaban J connectivity index is 1.94. The van der Waals surface area contributed by atoms with E-state index in [2.05, 4.69) is 75.8 Å². The summed E-state index contributed by atoms with van der Waals surface area (Å²) < 4.78 is 0. The molecule has 4 aromatic heterocycles. The Labute approximate surface area is 183 Å². The molecule has 0 saturated heterocycles. The molecule has 7 heteroatoms. The Hall–Kier alpha value is -1.96. The third-order valence-corrected chi connectivity index (χ3v) is 9.27. The Morgan fingerprint density at radius 2 is 1.00 bits per heavy atom. The molecule has 4 heterocycles. The van der Waals surface area contributed by atoms with E-state index in [0.29, 0.717) is 0 Å². The van der Waals surface area contributed by atoms with E-state index in [1.807, 2.05) is 22.7 Å². The second kappa shape index (κ2) is 6.79. The fraction of sp³-hybridized carbons (Fsp3) is 0.364. The van der Waals surface area contributed by atoms with Crippen LogP contribution < -0.4 is 11.5 Å². The third kappa shape index (κ3) is 3.67. The van der Waals surface area contributed by atoms with Crippen molar-refractivity contribution in [2.75, 3.05) is 11.5 Å². The van der Waals surface area contributed by atoms with E-state index in [1.54, 1.807) is 11.3 Å². The molecule has 0 amide bonds. The number of nitrogen functional groups attached to an aromatic ring is 2. The number of hydrogen-bond donors (Lipinski definition) is 2. The van der Waals surface area contributed by atoms with Gasteiger partial charge >= 0.3 is 0 Å². The standard InChI is InChI=1S/C22H26N4S3/c1-21(2,3)13-9-7-11(27-13)17-15-16(26-20(24)19(23)25-15)18(29-17)12-8-10-14(28-12)22(4,5)6/h7-10H,1-6H3,(H2,23,25)(H2,24,26). The summed E-state index contributed by atoms with van der Waals surface area (Å²) in [6, 6.07) is 8.79. The molecule has 0 aromatic carbocycles. The second-order valence-corrected chi connectivity index (χ2v) is 12.5. The minimum absolute atomic E-state index is 0.114. The zero-order valence-corrected chi connectivity index (χ0v) is 20.0. The number of anilines is 2. The van der Waals surface area contributed by atoms with Crippen molar-refractivity contribution >= 4 is 56.7 Å². The average molecular weight is 443 g/mol. The topological polar surface area (TPSA) is 77.8 Å². The molecule has 4 rings (SSSR count). The average Bonchev–Trinajstić information content (AvgIpc) is 3.31. The predicted molar refractivity (Wildman–Crippen MR) is 130 cm³/mol. The molecule has 0 aliphatic carbocycles. The number of nitrogens with two attached hydrogens (primary N) is 2. The van der Waals surface area contributed by atoms with Crippen LogP contribution in [0.3, 0.4) is 0 Å². The minimum atomic E-state index is 0.114. The van der Waals surface area contributed by atoms with Gasteiger partial charge in [-0.2, -0.15) is 0 Å². The first kappa shape index (κ1) is 20.3. The van der Waals surface area contributed by atoms with Crippen LogP contribution in [0.1, 0.15) is 51.3 Å². The lowest BCUT2D eigenvalue weighted by molar-refractivity contribution is 0.603. The first-order chi connectivity index (χ1) is 13.4. The first-order valence-corrected chi connectivity index (χ1v) is 12.0. The van der Waals surface area contributed by atoms with Gasteiger partial charge in [-0.1, -0.05) is 41.5 Å². The van der Waals surface area contributed by atoms with Crippen molar-refractivity contribution in [3.63, 3.8) is 0 Å². The van der Waals surface area contributed by atoms with Crippen molar-refractivity contribution in [1.82, 2.24) is 9.97 Å². The third-order valence-electron chi connectivity index (χ3n) is 4.72. The Morgan fingerprint density at radius 3 is 1.31 bits per heavy atom. The smallest absolute Gasteiger partial charge is 0.166 e. The van der Waals surface area contributed by atoms with Crippen LogP contribution in [0.2, 0.25) is 0 Å². The van der Waals surface area contributed by atoms with Crippen LogP contribution in [0.5, 0.6) is 0 Å². The maximum absolute atomic E-state index is 6.03. The van der Waals surface area contributed by atoms with Gasteiger partial charge in [-0.15, -0.1) is 34.0 Å². The second-order valence-electron chi connectivity index (χ2n) is 9.28. The number of hydrogen-bond acceptors (Lipinski definition) is 7. The Bertz CT molecular complexity index is 1110. The summed E-state index contributed by atoms with van der Waals surface area (Å²) in [5, 5.41) is 0. The van der Waals surface area contributed by atoms with Crippen LogP contribution in [0.25, 0.3) is 30.5 Å². The molecule has 29 heavy (non-hydrogen) atoms. The van der Waals surface area contributed by atoms with Crippen LogP contribution >= 0.6 is 34.0 Å². The molecule has 4 aromatic rings. The van der Waals surface area contributed by atoms with Gasteiger partial charge in [0.2, 0.25) is 0 Å². The minimum Gasteiger partial charge on any atom is -0.381 e. The molecule has 0 aliphatic heterocycles. The molecule has 4 nitrogen and oxygen atoms in total. The van der Waals surface area contributed by atoms with Gasteiger partial charge in [-0.25, -0.2) is 9.97 Å². The monoisotopic (exact) mass is 442 g/mol. The highest BCUT2D eigenvalue weighted by Crippen LogP contribution is 2.48. The zero-order valence-electron chi connectivity index (χ0n) is 17.6. The lowest BCUT2D eigenvalue weighted by Crippen LogP contribution is -2.07. The molecule has 0 radical (unpaired) electrons. The highest BCUT2D eigenvalue weighted by atomic mass is 32.1.